The number of rotatable bonds is 9. The van der Waals surface area contributed by atoms with Crippen molar-refractivity contribution in [3.05, 3.63) is 95.4 Å². The minimum absolute atomic E-state index is 0.0977. The van der Waals surface area contributed by atoms with Crippen LogP contribution in [0.15, 0.2) is 77.4 Å². The van der Waals surface area contributed by atoms with Gasteiger partial charge in [-0.15, -0.1) is 0 Å². The van der Waals surface area contributed by atoms with Gasteiger partial charge in [0.2, 0.25) is 0 Å². The number of furan rings is 1. The van der Waals surface area contributed by atoms with E-state index >= 15 is 0 Å². The third-order valence-electron chi connectivity index (χ3n) is 6.17. The van der Waals surface area contributed by atoms with Crippen LogP contribution < -0.4 is 5.32 Å². The van der Waals surface area contributed by atoms with E-state index in [1.54, 1.807) is 11.0 Å². The lowest BCUT2D eigenvalue weighted by atomic mass is 10.1. The number of nitrogens with zero attached hydrogens (tertiary/aromatic N) is 2. The highest BCUT2D eigenvalue weighted by molar-refractivity contribution is 5.94. The Kier molecular flexibility index (Phi) is 8.52. The van der Waals surface area contributed by atoms with Crippen LogP contribution in [-0.4, -0.2) is 66.4 Å². The summed E-state index contributed by atoms with van der Waals surface area (Å²) in [5, 5.41) is 2.67. The quantitative estimate of drug-likeness (QED) is 0.465. The van der Waals surface area contributed by atoms with Crippen LogP contribution in [0.4, 0.5) is 0 Å². The number of piperazine rings is 1. The first kappa shape index (κ1) is 25.2. The monoisotopic (exact) mass is 489 g/mol. The van der Waals surface area contributed by atoms with E-state index in [1.807, 2.05) is 30.3 Å². The van der Waals surface area contributed by atoms with Gasteiger partial charge < -0.3 is 19.4 Å². The first-order chi connectivity index (χ1) is 17.5. The maximum absolute atomic E-state index is 12.9. The zero-order chi connectivity index (χ0) is 25.3. The van der Waals surface area contributed by atoms with Crippen LogP contribution in [0.5, 0.6) is 0 Å². The molecule has 188 valence electrons. The molecular weight excluding hydrogens is 458 g/mol. The van der Waals surface area contributed by atoms with Gasteiger partial charge in [0.15, 0.2) is 12.4 Å². The summed E-state index contributed by atoms with van der Waals surface area (Å²) in [7, 11) is 0. The van der Waals surface area contributed by atoms with Gasteiger partial charge in [-0.3, -0.25) is 14.5 Å². The van der Waals surface area contributed by atoms with Crippen LogP contribution >= 0.6 is 0 Å². The highest BCUT2D eigenvalue weighted by Gasteiger charge is 2.27. The van der Waals surface area contributed by atoms with E-state index in [2.05, 4.69) is 41.4 Å². The molecule has 1 aromatic heterocycles. The van der Waals surface area contributed by atoms with E-state index in [0.29, 0.717) is 13.1 Å². The number of carbonyl (C=O) groups excluding carboxylic acids is 3. The summed E-state index contributed by atoms with van der Waals surface area (Å²) in [6, 6.07) is 19.9. The van der Waals surface area contributed by atoms with Crippen LogP contribution in [0, 0.1) is 6.92 Å². The number of esters is 1. The Morgan fingerprint density at radius 2 is 1.69 bits per heavy atom. The molecule has 1 aliphatic rings. The standard InChI is InChI=1S/C28H31N3O5/c1-21-7-5-10-23(17-21)19-30-12-14-31(15-13-30)26(32)20-36-28(34)24(18-22-8-3-2-4-9-22)29-27(33)25-11-6-16-35-25/h2-11,16-17,24H,12-15,18-20H2,1H3,(H,29,33)/t24-/m1/s1. The fourth-order valence-corrected chi connectivity index (χ4v) is 4.23. The maximum Gasteiger partial charge on any atom is 0.329 e. The van der Waals surface area contributed by atoms with E-state index in [9.17, 15) is 14.4 Å². The van der Waals surface area contributed by atoms with Crippen LogP contribution in [0.3, 0.4) is 0 Å². The summed E-state index contributed by atoms with van der Waals surface area (Å²) in [5.74, 6) is -1.33. The molecule has 0 saturated carbocycles. The van der Waals surface area contributed by atoms with E-state index < -0.39 is 17.9 Å². The molecule has 0 spiro atoms. The van der Waals surface area contributed by atoms with Gasteiger partial charge >= 0.3 is 5.97 Å². The van der Waals surface area contributed by atoms with Crippen molar-refractivity contribution >= 4 is 17.8 Å². The highest BCUT2D eigenvalue weighted by Crippen LogP contribution is 2.11. The molecule has 1 aliphatic heterocycles. The van der Waals surface area contributed by atoms with Gasteiger partial charge in [-0.25, -0.2) is 4.79 Å². The summed E-state index contributed by atoms with van der Waals surface area (Å²) >= 11 is 0. The Balaban J connectivity index is 1.28. The lowest BCUT2D eigenvalue weighted by Gasteiger charge is -2.34. The second-order valence-corrected chi connectivity index (χ2v) is 8.95. The maximum atomic E-state index is 12.9. The molecule has 0 bridgehead atoms. The summed E-state index contributed by atoms with van der Waals surface area (Å²) < 4.78 is 10.5. The van der Waals surface area contributed by atoms with Gasteiger partial charge in [0.05, 0.1) is 6.26 Å². The van der Waals surface area contributed by atoms with Gasteiger partial charge in [0.1, 0.15) is 6.04 Å². The number of benzene rings is 2. The Bertz CT molecular complexity index is 1150. The number of ether oxygens (including phenoxy) is 1. The van der Waals surface area contributed by atoms with Gasteiger partial charge in [0.25, 0.3) is 11.8 Å². The fourth-order valence-electron chi connectivity index (χ4n) is 4.23. The van der Waals surface area contributed by atoms with Crippen molar-refractivity contribution in [2.24, 2.45) is 0 Å². The minimum Gasteiger partial charge on any atom is -0.459 e. The molecule has 2 amide bonds. The lowest BCUT2D eigenvalue weighted by Crippen LogP contribution is -2.50. The van der Waals surface area contributed by atoms with Crippen molar-refractivity contribution in [2.75, 3.05) is 32.8 Å². The van der Waals surface area contributed by atoms with Gasteiger partial charge in [0, 0.05) is 39.1 Å². The van der Waals surface area contributed by atoms with Crippen molar-refractivity contribution in [3.8, 4) is 0 Å². The van der Waals surface area contributed by atoms with Crippen molar-refractivity contribution in [1.82, 2.24) is 15.1 Å². The Labute approximate surface area is 210 Å². The average molecular weight is 490 g/mol. The average Bonchev–Trinajstić information content (AvgIpc) is 3.43. The largest absolute Gasteiger partial charge is 0.459 e. The van der Waals surface area contributed by atoms with Crippen LogP contribution in [0.2, 0.25) is 0 Å². The van der Waals surface area contributed by atoms with E-state index in [-0.39, 0.29) is 24.7 Å². The summed E-state index contributed by atoms with van der Waals surface area (Å²) in [5.41, 5.74) is 3.34. The van der Waals surface area contributed by atoms with Crippen LogP contribution in [0.25, 0.3) is 0 Å². The summed E-state index contributed by atoms with van der Waals surface area (Å²) in [4.78, 5) is 42.1. The molecule has 1 atom stereocenters. The van der Waals surface area contributed by atoms with E-state index in [4.69, 9.17) is 9.15 Å². The molecule has 8 nitrogen and oxygen atoms in total. The predicted molar refractivity (Wildman–Crippen MR) is 134 cm³/mol. The summed E-state index contributed by atoms with van der Waals surface area (Å²) in [6.45, 7) is 5.21. The Hall–Kier alpha value is -3.91. The predicted octanol–water partition coefficient (Wildman–Crippen LogP) is 2.82. The molecule has 4 rings (SSSR count). The van der Waals surface area contributed by atoms with E-state index in [0.717, 1.165) is 25.2 Å². The van der Waals surface area contributed by atoms with Gasteiger partial charge in [-0.05, 0) is 30.2 Å². The first-order valence-electron chi connectivity index (χ1n) is 12.1. The number of hydrogen-bond donors (Lipinski definition) is 1. The Morgan fingerprint density at radius 1 is 0.944 bits per heavy atom. The van der Waals surface area contributed by atoms with Gasteiger partial charge in [-0.1, -0.05) is 60.2 Å². The number of nitrogens with one attached hydrogen (secondary N) is 1. The van der Waals surface area contributed by atoms with Gasteiger partial charge in [-0.2, -0.15) is 0 Å². The normalized spacial score (nSPS) is 14.8. The SMILES string of the molecule is Cc1cccc(CN2CCN(C(=O)COC(=O)[C@@H](Cc3ccccc3)NC(=O)c3ccco3)CC2)c1. The second kappa shape index (κ2) is 12.2. The molecule has 3 aromatic rings. The third kappa shape index (κ3) is 7.05. The lowest BCUT2D eigenvalue weighted by molar-refractivity contribution is -0.154. The Morgan fingerprint density at radius 3 is 2.39 bits per heavy atom. The van der Waals surface area contributed by atoms with Crippen molar-refractivity contribution in [3.63, 3.8) is 0 Å². The van der Waals surface area contributed by atoms with Crippen LogP contribution in [-0.2, 0) is 27.3 Å². The number of hydrogen-bond acceptors (Lipinski definition) is 6. The number of amides is 2. The number of carbonyl (C=O) groups is 3. The zero-order valence-electron chi connectivity index (χ0n) is 20.4. The zero-order valence-corrected chi connectivity index (χ0v) is 20.4. The molecule has 8 heteroatoms. The van der Waals surface area contributed by atoms with Crippen LogP contribution in [0.1, 0.15) is 27.2 Å². The smallest absolute Gasteiger partial charge is 0.329 e. The molecule has 0 unspecified atom stereocenters. The minimum atomic E-state index is -0.955. The molecule has 0 aliphatic carbocycles. The number of aryl methyl sites for hydroxylation is 1. The summed E-state index contributed by atoms with van der Waals surface area (Å²) in [6.07, 6.45) is 1.62. The molecular formula is C28H31N3O5. The van der Waals surface area contributed by atoms with E-state index in [1.165, 1.54) is 23.5 Å². The first-order valence-corrected chi connectivity index (χ1v) is 12.1. The van der Waals surface area contributed by atoms with Crippen molar-refractivity contribution in [2.45, 2.75) is 25.9 Å². The van der Waals surface area contributed by atoms with Crippen molar-refractivity contribution < 1.29 is 23.5 Å². The van der Waals surface area contributed by atoms with Crippen molar-refractivity contribution in [1.29, 1.82) is 0 Å². The third-order valence-corrected chi connectivity index (χ3v) is 6.17. The molecule has 2 aromatic carbocycles. The molecule has 0 radical (unpaired) electrons. The molecule has 36 heavy (non-hydrogen) atoms. The fraction of sp³-hybridized carbons (Fsp3) is 0.321. The molecule has 1 N–H and O–H groups in total. The topological polar surface area (TPSA) is 92.1 Å². The molecule has 1 saturated heterocycles. The molecule has 1 fully saturated rings. The molecule has 2 heterocycles. The highest BCUT2D eigenvalue weighted by atomic mass is 16.5. The second-order valence-electron chi connectivity index (χ2n) is 8.95.